The van der Waals surface area contributed by atoms with Crippen molar-refractivity contribution >= 4 is 7.32 Å². The molecule has 5 rings (SSSR count). The summed E-state index contributed by atoms with van der Waals surface area (Å²) in [7, 11) is -2.47. The number of halogens is 9. The van der Waals surface area contributed by atoms with Crippen molar-refractivity contribution in [3.8, 4) is 0 Å². The predicted octanol–water partition coefficient (Wildman–Crippen LogP) is 7.35. The lowest BCUT2D eigenvalue weighted by Gasteiger charge is -2.52. The first-order valence-corrected chi connectivity index (χ1v) is 12.6. The van der Waals surface area contributed by atoms with Gasteiger partial charge in [-0.1, -0.05) is 54.6 Å². The van der Waals surface area contributed by atoms with Crippen molar-refractivity contribution in [2.75, 3.05) is 0 Å². The van der Waals surface area contributed by atoms with E-state index in [-0.39, 0.29) is 36.0 Å². The standard InChI is InChI=1S/C28H22BF9O3/c30-26(31,32)20-7-1-4-16(12-20)23-17-10-11-24(15-17,41-29(39)40)25(23,18-5-2-8-21(13-18)27(33,34)35)19-6-3-9-22(14-19)28(36,37)38/h1-9,12-14,17,23,39-40H,10-11,15H2. The third-order valence-corrected chi connectivity index (χ3v) is 8.36. The highest BCUT2D eigenvalue weighted by atomic mass is 19.4. The molecule has 2 bridgehead atoms. The van der Waals surface area contributed by atoms with E-state index in [0.717, 1.165) is 54.6 Å². The third kappa shape index (κ3) is 4.91. The second-order valence-corrected chi connectivity index (χ2v) is 10.5. The van der Waals surface area contributed by atoms with E-state index >= 15 is 0 Å². The Hall–Kier alpha value is -3.03. The topological polar surface area (TPSA) is 49.7 Å². The summed E-state index contributed by atoms with van der Waals surface area (Å²) in [5.41, 5.74) is -7.38. The summed E-state index contributed by atoms with van der Waals surface area (Å²) in [5.74, 6) is -1.70. The van der Waals surface area contributed by atoms with Gasteiger partial charge in [-0.2, -0.15) is 39.5 Å². The Morgan fingerprint density at radius 2 is 1.15 bits per heavy atom. The molecule has 218 valence electrons. The van der Waals surface area contributed by atoms with Crippen LogP contribution in [0.5, 0.6) is 0 Å². The lowest BCUT2D eigenvalue weighted by atomic mass is 9.54. The largest absolute Gasteiger partial charge is 0.634 e. The molecule has 0 saturated heterocycles. The lowest BCUT2D eigenvalue weighted by molar-refractivity contribution is -0.138. The summed E-state index contributed by atoms with van der Waals surface area (Å²) in [4.78, 5) is 0. The number of fused-ring (bicyclic) bond motifs is 2. The molecule has 3 atom stereocenters. The van der Waals surface area contributed by atoms with Gasteiger partial charge in [-0.15, -0.1) is 0 Å². The van der Waals surface area contributed by atoms with Gasteiger partial charge in [0.2, 0.25) is 0 Å². The second kappa shape index (κ2) is 9.77. The molecule has 0 amide bonds. The van der Waals surface area contributed by atoms with Crippen LogP contribution in [0.1, 0.15) is 58.6 Å². The summed E-state index contributed by atoms with van der Waals surface area (Å²) in [6.45, 7) is 0. The molecule has 2 N–H and O–H groups in total. The minimum atomic E-state index is -4.86. The summed E-state index contributed by atoms with van der Waals surface area (Å²) >= 11 is 0. The van der Waals surface area contributed by atoms with E-state index < -0.39 is 65.4 Å². The van der Waals surface area contributed by atoms with Gasteiger partial charge in [0, 0.05) is 5.92 Å². The van der Waals surface area contributed by atoms with E-state index in [4.69, 9.17) is 4.65 Å². The van der Waals surface area contributed by atoms with Crippen LogP contribution in [0.2, 0.25) is 0 Å². The highest BCUT2D eigenvalue weighted by Crippen LogP contribution is 2.70. The van der Waals surface area contributed by atoms with Crippen LogP contribution in [0, 0.1) is 5.92 Å². The zero-order chi connectivity index (χ0) is 30.0. The SMILES string of the molecule is OB(O)OC12CCC(C1)C(c1cccc(C(F)(F)F)c1)C2(c1cccc(C(F)(F)F)c1)c1cccc(C(F)(F)F)c1. The fourth-order valence-electron chi connectivity index (χ4n) is 7.09. The van der Waals surface area contributed by atoms with Crippen LogP contribution in [0.15, 0.2) is 72.8 Å². The maximum Gasteiger partial charge on any atom is 0.634 e. The van der Waals surface area contributed by atoms with Crippen LogP contribution < -0.4 is 0 Å². The molecule has 3 aromatic rings. The second-order valence-electron chi connectivity index (χ2n) is 10.5. The number of hydrogen-bond acceptors (Lipinski definition) is 3. The highest BCUT2D eigenvalue weighted by molar-refractivity contribution is 6.32. The Kier molecular flexibility index (Phi) is 7.02. The fourth-order valence-corrected chi connectivity index (χ4v) is 7.09. The molecular formula is C28H22BF9O3. The summed E-state index contributed by atoms with van der Waals surface area (Å²) in [6.07, 6.45) is -14.3. The first kappa shape index (κ1) is 29.5. The lowest BCUT2D eigenvalue weighted by Crippen LogP contribution is -2.56. The summed E-state index contributed by atoms with van der Waals surface area (Å²) in [6, 6.07) is 11.8. The van der Waals surface area contributed by atoms with Gasteiger partial charge < -0.3 is 14.7 Å². The van der Waals surface area contributed by atoms with Crippen LogP contribution in [0.25, 0.3) is 0 Å². The average Bonchev–Trinajstić information content (AvgIpc) is 3.41. The molecule has 0 radical (unpaired) electrons. The van der Waals surface area contributed by atoms with Crippen molar-refractivity contribution in [2.24, 2.45) is 5.92 Å². The quantitative estimate of drug-likeness (QED) is 0.242. The maximum atomic E-state index is 13.9. The molecule has 3 aromatic carbocycles. The maximum absolute atomic E-state index is 13.9. The number of alkyl halides is 9. The van der Waals surface area contributed by atoms with Crippen molar-refractivity contribution in [1.82, 2.24) is 0 Å². The summed E-state index contributed by atoms with van der Waals surface area (Å²) < 4.78 is 130. The molecule has 3 unspecified atom stereocenters. The monoisotopic (exact) mass is 588 g/mol. The Morgan fingerprint density at radius 1 is 0.683 bits per heavy atom. The van der Waals surface area contributed by atoms with Crippen molar-refractivity contribution in [1.29, 1.82) is 0 Å². The van der Waals surface area contributed by atoms with Gasteiger partial charge in [0.05, 0.1) is 27.7 Å². The van der Waals surface area contributed by atoms with E-state index in [9.17, 15) is 49.6 Å². The Labute approximate surface area is 228 Å². The zero-order valence-electron chi connectivity index (χ0n) is 21.0. The number of hydrogen-bond donors (Lipinski definition) is 2. The average molecular weight is 588 g/mol. The molecule has 3 nitrogen and oxygen atoms in total. The third-order valence-electron chi connectivity index (χ3n) is 8.36. The Balaban J connectivity index is 1.90. The Bertz CT molecular complexity index is 1380. The van der Waals surface area contributed by atoms with Gasteiger partial charge in [-0.25, -0.2) is 0 Å². The first-order valence-electron chi connectivity index (χ1n) is 12.6. The molecule has 13 heteroatoms. The van der Waals surface area contributed by atoms with E-state index in [2.05, 4.69) is 0 Å². The summed E-state index contributed by atoms with van der Waals surface area (Å²) in [5, 5.41) is 19.9. The minimum Gasteiger partial charge on any atom is -0.402 e. The van der Waals surface area contributed by atoms with Crippen LogP contribution in [0.4, 0.5) is 39.5 Å². The van der Waals surface area contributed by atoms with Gasteiger partial charge in [0.1, 0.15) is 0 Å². The highest BCUT2D eigenvalue weighted by Gasteiger charge is 2.70. The fraction of sp³-hybridized carbons (Fsp3) is 0.357. The molecule has 0 heterocycles. The van der Waals surface area contributed by atoms with E-state index in [1.165, 1.54) is 18.2 Å². The normalized spacial score (nSPS) is 24.1. The molecule has 2 saturated carbocycles. The predicted molar refractivity (Wildman–Crippen MR) is 129 cm³/mol. The van der Waals surface area contributed by atoms with Crippen LogP contribution in [-0.2, 0) is 28.6 Å². The van der Waals surface area contributed by atoms with Gasteiger partial charge in [-0.05, 0) is 60.1 Å². The van der Waals surface area contributed by atoms with Crippen molar-refractivity contribution in [3.05, 3.63) is 106 Å². The molecule has 41 heavy (non-hydrogen) atoms. The molecule has 0 aliphatic heterocycles. The smallest absolute Gasteiger partial charge is 0.402 e. The van der Waals surface area contributed by atoms with E-state index in [1.807, 2.05) is 0 Å². The van der Waals surface area contributed by atoms with Crippen molar-refractivity contribution < 1.29 is 54.2 Å². The van der Waals surface area contributed by atoms with Gasteiger partial charge in [-0.3, -0.25) is 0 Å². The van der Waals surface area contributed by atoms with Crippen molar-refractivity contribution in [3.63, 3.8) is 0 Å². The Morgan fingerprint density at radius 3 is 1.61 bits per heavy atom. The molecular weight excluding hydrogens is 566 g/mol. The van der Waals surface area contributed by atoms with Crippen LogP contribution in [-0.4, -0.2) is 23.0 Å². The van der Waals surface area contributed by atoms with E-state index in [0.29, 0.717) is 0 Å². The van der Waals surface area contributed by atoms with Crippen LogP contribution in [0.3, 0.4) is 0 Å². The van der Waals surface area contributed by atoms with Gasteiger partial charge in [0.15, 0.2) is 0 Å². The van der Waals surface area contributed by atoms with E-state index in [1.54, 1.807) is 0 Å². The zero-order valence-corrected chi connectivity index (χ0v) is 21.0. The van der Waals surface area contributed by atoms with Gasteiger partial charge >= 0.3 is 25.9 Å². The molecule has 2 aliphatic carbocycles. The number of benzene rings is 3. The molecule has 0 aromatic heterocycles. The number of rotatable bonds is 5. The minimum absolute atomic E-state index is 0.00274. The van der Waals surface area contributed by atoms with Crippen LogP contribution >= 0.6 is 0 Å². The first-order chi connectivity index (χ1) is 19.0. The molecule has 2 aliphatic rings. The van der Waals surface area contributed by atoms with Gasteiger partial charge in [0.25, 0.3) is 0 Å². The molecule has 2 fully saturated rings. The molecule has 0 spiro atoms. The van der Waals surface area contributed by atoms with Crippen molar-refractivity contribution in [2.45, 2.75) is 54.7 Å².